The van der Waals surface area contributed by atoms with E-state index < -0.39 is 5.97 Å². The molecular formula is C18H22N2O3. The lowest BCUT2D eigenvalue weighted by atomic mass is 9.97. The van der Waals surface area contributed by atoms with Gasteiger partial charge in [-0.2, -0.15) is 0 Å². The summed E-state index contributed by atoms with van der Waals surface area (Å²) in [7, 11) is 0. The topological polar surface area (TPSA) is 73.4 Å². The molecule has 23 heavy (non-hydrogen) atoms. The van der Waals surface area contributed by atoms with Crippen LogP contribution in [0.4, 0.5) is 0 Å². The molecule has 1 saturated heterocycles. The largest absolute Gasteiger partial charge is 0.481 e. The molecule has 1 aliphatic rings. The molecule has 3 rings (SSSR count). The predicted octanol–water partition coefficient (Wildman–Crippen LogP) is 2.96. The molecule has 1 aromatic carbocycles. The van der Waals surface area contributed by atoms with Gasteiger partial charge in [0.2, 0.25) is 5.91 Å². The van der Waals surface area contributed by atoms with Crippen LogP contribution in [0.15, 0.2) is 30.5 Å². The quantitative estimate of drug-likeness (QED) is 0.891. The Bertz CT molecular complexity index is 707. The van der Waals surface area contributed by atoms with E-state index >= 15 is 0 Å². The minimum Gasteiger partial charge on any atom is -0.481 e. The number of aliphatic carboxylic acids is 1. The van der Waals surface area contributed by atoms with Crippen LogP contribution < -0.4 is 0 Å². The van der Waals surface area contributed by atoms with Gasteiger partial charge in [0, 0.05) is 36.1 Å². The molecule has 122 valence electrons. The maximum absolute atomic E-state index is 12.7. The van der Waals surface area contributed by atoms with E-state index in [0.717, 1.165) is 42.3 Å². The van der Waals surface area contributed by atoms with Gasteiger partial charge in [0.25, 0.3) is 0 Å². The number of piperidine rings is 1. The third kappa shape index (κ3) is 3.55. The number of H-pyrrole nitrogens is 1. The number of amides is 1. The SMILES string of the molecule is O=C(O)CC[C@H]1CCCCN1C(=O)Cc1c[nH]c2ccccc12. The smallest absolute Gasteiger partial charge is 0.303 e. The monoisotopic (exact) mass is 314 g/mol. The zero-order valence-electron chi connectivity index (χ0n) is 13.1. The number of fused-ring (bicyclic) bond motifs is 1. The van der Waals surface area contributed by atoms with E-state index in [1.807, 2.05) is 35.4 Å². The first-order valence-electron chi connectivity index (χ1n) is 8.21. The number of aromatic amines is 1. The Morgan fingerprint density at radius 2 is 2.09 bits per heavy atom. The van der Waals surface area contributed by atoms with Gasteiger partial charge >= 0.3 is 5.97 Å². The van der Waals surface area contributed by atoms with Crippen molar-refractivity contribution in [1.29, 1.82) is 0 Å². The zero-order chi connectivity index (χ0) is 16.2. The van der Waals surface area contributed by atoms with Crippen molar-refractivity contribution in [2.75, 3.05) is 6.54 Å². The summed E-state index contributed by atoms with van der Waals surface area (Å²) in [5, 5.41) is 9.97. The highest BCUT2D eigenvalue weighted by molar-refractivity contribution is 5.89. The van der Waals surface area contributed by atoms with E-state index in [0.29, 0.717) is 12.8 Å². The highest BCUT2D eigenvalue weighted by Gasteiger charge is 2.27. The molecule has 2 heterocycles. The number of aromatic nitrogens is 1. The second-order valence-corrected chi connectivity index (χ2v) is 6.21. The number of carboxylic acids is 1. The van der Waals surface area contributed by atoms with Crippen LogP contribution >= 0.6 is 0 Å². The lowest BCUT2D eigenvalue weighted by Gasteiger charge is -2.35. The maximum Gasteiger partial charge on any atom is 0.303 e. The summed E-state index contributed by atoms with van der Waals surface area (Å²) in [6, 6.07) is 8.03. The first-order chi connectivity index (χ1) is 11.1. The number of nitrogens with one attached hydrogen (secondary N) is 1. The Hall–Kier alpha value is -2.30. The van der Waals surface area contributed by atoms with Crippen LogP contribution in [0.2, 0.25) is 0 Å². The number of carbonyl (C=O) groups excluding carboxylic acids is 1. The Balaban J connectivity index is 1.71. The van der Waals surface area contributed by atoms with Gasteiger partial charge in [0.15, 0.2) is 0 Å². The number of benzene rings is 1. The van der Waals surface area contributed by atoms with Crippen molar-refractivity contribution in [2.24, 2.45) is 0 Å². The maximum atomic E-state index is 12.7. The van der Waals surface area contributed by atoms with Crippen LogP contribution in [0.3, 0.4) is 0 Å². The van der Waals surface area contributed by atoms with Crippen molar-refractivity contribution in [2.45, 2.75) is 44.6 Å². The van der Waals surface area contributed by atoms with Gasteiger partial charge in [-0.15, -0.1) is 0 Å². The van der Waals surface area contributed by atoms with Crippen LogP contribution in [0, 0.1) is 0 Å². The third-order valence-electron chi connectivity index (χ3n) is 4.66. The van der Waals surface area contributed by atoms with Gasteiger partial charge in [0.05, 0.1) is 6.42 Å². The number of likely N-dealkylation sites (tertiary alicyclic amines) is 1. The molecule has 1 aliphatic heterocycles. The van der Waals surface area contributed by atoms with Crippen molar-refractivity contribution in [3.05, 3.63) is 36.0 Å². The molecule has 0 aliphatic carbocycles. The van der Waals surface area contributed by atoms with E-state index in [-0.39, 0.29) is 18.4 Å². The average molecular weight is 314 g/mol. The standard InChI is InChI=1S/C18H22N2O3/c21-17(11-13-12-19-16-7-2-1-6-15(13)16)20-10-4-3-5-14(20)8-9-18(22)23/h1-2,6-7,12,14,19H,3-5,8-11H2,(H,22,23)/t14-/m1/s1. The lowest BCUT2D eigenvalue weighted by molar-refractivity contribution is -0.139. The van der Waals surface area contributed by atoms with Gasteiger partial charge in [0.1, 0.15) is 0 Å². The fourth-order valence-corrected chi connectivity index (χ4v) is 3.46. The molecule has 1 fully saturated rings. The van der Waals surface area contributed by atoms with Crippen LogP contribution in [-0.4, -0.2) is 39.5 Å². The third-order valence-corrected chi connectivity index (χ3v) is 4.66. The highest BCUT2D eigenvalue weighted by Crippen LogP contribution is 2.24. The normalized spacial score (nSPS) is 18.3. The van der Waals surface area contributed by atoms with Crippen LogP contribution in [0.25, 0.3) is 10.9 Å². The van der Waals surface area contributed by atoms with Crippen molar-refractivity contribution in [3.63, 3.8) is 0 Å². The van der Waals surface area contributed by atoms with Gasteiger partial charge in [-0.3, -0.25) is 9.59 Å². The molecule has 0 saturated carbocycles. The van der Waals surface area contributed by atoms with Crippen LogP contribution in [-0.2, 0) is 16.0 Å². The van der Waals surface area contributed by atoms with Crippen LogP contribution in [0.1, 0.15) is 37.7 Å². The number of nitrogens with zero attached hydrogens (tertiary/aromatic N) is 1. The number of carbonyl (C=O) groups is 2. The van der Waals surface area contributed by atoms with E-state index in [9.17, 15) is 9.59 Å². The molecule has 0 radical (unpaired) electrons. The minimum absolute atomic E-state index is 0.0672. The van der Waals surface area contributed by atoms with Gasteiger partial charge in [-0.05, 0) is 37.3 Å². The molecule has 0 spiro atoms. The summed E-state index contributed by atoms with van der Waals surface area (Å²) in [5.74, 6) is -0.690. The Kier molecular flexibility index (Phi) is 4.65. The fourth-order valence-electron chi connectivity index (χ4n) is 3.46. The minimum atomic E-state index is -0.792. The van der Waals surface area contributed by atoms with E-state index in [1.165, 1.54) is 0 Å². The Labute approximate surface area is 135 Å². The first kappa shape index (κ1) is 15.6. The Morgan fingerprint density at radius 3 is 2.91 bits per heavy atom. The molecule has 2 aromatic rings. The summed E-state index contributed by atoms with van der Waals surface area (Å²) in [6.07, 6.45) is 5.93. The summed E-state index contributed by atoms with van der Waals surface area (Å²) >= 11 is 0. The lowest BCUT2D eigenvalue weighted by Crippen LogP contribution is -2.44. The fraction of sp³-hybridized carbons (Fsp3) is 0.444. The number of rotatable bonds is 5. The molecule has 0 unspecified atom stereocenters. The molecular weight excluding hydrogens is 292 g/mol. The van der Waals surface area contributed by atoms with Gasteiger partial charge in [-0.25, -0.2) is 0 Å². The number of hydrogen-bond donors (Lipinski definition) is 2. The second kappa shape index (κ2) is 6.86. The molecule has 2 N–H and O–H groups in total. The van der Waals surface area contributed by atoms with E-state index in [1.54, 1.807) is 0 Å². The van der Waals surface area contributed by atoms with Crippen molar-refractivity contribution >= 4 is 22.8 Å². The summed E-state index contributed by atoms with van der Waals surface area (Å²) in [6.45, 7) is 0.742. The Morgan fingerprint density at radius 1 is 1.26 bits per heavy atom. The molecule has 1 aromatic heterocycles. The molecule has 5 nitrogen and oxygen atoms in total. The summed E-state index contributed by atoms with van der Waals surface area (Å²) in [4.78, 5) is 28.6. The average Bonchev–Trinajstić information content (AvgIpc) is 2.96. The highest BCUT2D eigenvalue weighted by atomic mass is 16.4. The van der Waals surface area contributed by atoms with Crippen LogP contribution in [0.5, 0.6) is 0 Å². The second-order valence-electron chi connectivity index (χ2n) is 6.21. The van der Waals surface area contributed by atoms with Gasteiger partial charge < -0.3 is 15.0 Å². The first-order valence-corrected chi connectivity index (χ1v) is 8.21. The van der Waals surface area contributed by atoms with E-state index in [2.05, 4.69) is 4.98 Å². The zero-order valence-corrected chi connectivity index (χ0v) is 13.1. The summed E-state index contributed by atoms with van der Waals surface area (Å²) < 4.78 is 0. The molecule has 1 atom stereocenters. The van der Waals surface area contributed by atoms with Crippen molar-refractivity contribution < 1.29 is 14.7 Å². The summed E-state index contributed by atoms with van der Waals surface area (Å²) in [5.41, 5.74) is 2.05. The number of carboxylic acid groups (broad SMARTS) is 1. The molecule has 1 amide bonds. The van der Waals surface area contributed by atoms with Crippen molar-refractivity contribution in [1.82, 2.24) is 9.88 Å². The molecule has 0 bridgehead atoms. The van der Waals surface area contributed by atoms with Gasteiger partial charge in [-0.1, -0.05) is 18.2 Å². The van der Waals surface area contributed by atoms with E-state index in [4.69, 9.17) is 5.11 Å². The van der Waals surface area contributed by atoms with Crippen molar-refractivity contribution in [3.8, 4) is 0 Å². The molecule has 5 heteroatoms. The number of hydrogen-bond acceptors (Lipinski definition) is 2. The number of para-hydroxylation sites is 1. The predicted molar refractivity (Wildman–Crippen MR) is 88.2 cm³/mol.